The lowest BCUT2D eigenvalue weighted by Crippen LogP contribution is -2.46. The fraction of sp³-hybridized carbons (Fsp3) is 0.222. The highest BCUT2D eigenvalue weighted by Gasteiger charge is 2.53. The third-order valence-corrected chi connectivity index (χ3v) is 6.89. The molecule has 4 aromatic rings. The van der Waals surface area contributed by atoms with Gasteiger partial charge < -0.3 is 18.8 Å². The van der Waals surface area contributed by atoms with Gasteiger partial charge in [-0.25, -0.2) is 9.97 Å². The van der Waals surface area contributed by atoms with Gasteiger partial charge in [-0.3, -0.25) is 19.7 Å². The Morgan fingerprint density at radius 1 is 1.05 bits per heavy atom. The lowest BCUT2D eigenvalue weighted by Gasteiger charge is -2.28. The number of nitrogens with zero attached hydrogens (tertiary/aromatic N) is 3. The van der Waals surface area contributed by atoms with Gasteiger partial charge in [0.15, 0.2) is 5.58 Å². The van der Waals surface area contributed by atoms with Gasteiger partial charge in [0.25, 0.3) is 5.91 Å². The van der Waals surface area contributed by atoms with Crippen LogP contribution in [0.4, 0.5) is 0 Å². The van der Waals surface area contributed by atoms with Crippen LogP contribution in [0.5, 0.6) is 11.6 Å². The summed E-state index contributed by atoms with van der Waals surface area (Å²) in [7, 11) is 3.08. The molecule has 1 aromatic carbocycles. The van der Waals surface area contributed by atoms with Crippen LogP contribution in [0.15, 0.2) is 59.1 Å². The Balaban J connectivity index is 1.36. The SMILES string of the molecule is COc1ccc2c(c1)C(=O)N(C[C@@]1(c3cc4nc(-c5ccc(OC)nc5)ccc4o3)CC(=O)NC1=O)C2. The molecule has 2 aliphatic rings. The molecule has 0 aliphatic carbocycles. The number of pyridine rings is 2. The van der Waals surface area contributed by atoms with Gasteiger partial charge in [0, 0.05) is 42.5 Å². The summed E-state index contributed by atoms with van der Waals surface area (Å²) in [6.45, 7) is 0.296. The molecular weight excluding hydrogens is 476 g/mol. The minimum atomic E-state index is -1.37. The third-order valence-electron chi connectivity index (χ3n) is 6.89. The third kappa shape index (κ3) is 3.68. The summed E-state index contributed by atoms with van der Waals surface area (Å²) in [4.78, 5) is 49.3. The van der Waals surface area contributed by atoms with E-state index >= 15 is 0 Å². The van der Waals surface area contributed by atoms with Crippen LogP contribution in [-0.4, -0.2) is 53.4 Å². The molecule has 0 saturated carbocycles. The Hall–Kier alpha value is -4.73. The molecule has 0 bridgehead atoms. The lowest BCUT2D eigenvalue weighted by atomic mass is 9.82. The van der Waals surface area contributed by atoms with Crippen LogP contribution < -0.4 is 14.8 Å². The molecule has 3 amide bonds. The summed E-state index contributed by atoms with van der Waals surface area (Å²) in [5.74, 6) is 0.190. The second-order valence-electron chi connectivity index (χ2n) is 9.10. The molecule has 0 radical (unpaired) electrons. The molecule has 1 fully saturated rings. The van der Waals surface area contributed by atoms with Crippen molar-refractivity contribution in [2.45, 2.75) is 18.4 Å². The van der Waals surface area contributed by atoms with Crippen molar-refractivity contribution in [1.82, 2.24) is 20.2 Å². The van der Waals surface area contributed by atoms with Gasteiger partial charge in [-0.2, -0.15) is 0 Å². The monoisotopic (exact) mass is 498 g/mol. The zero-order chi connectivity index (χ0) is 25.7. The van der Waals surface area contributed by atoms with Gasteiger partial charge in [0.1, 0.15) is 22.4 Å². The molecule has 186 valence electrons. The van der Waals surface area contributed by atoms with Gasteiger partial charge in [0.2, 0.25) is 17.7 Å². The van der Waals surface area contributed by atoms with Crippen molar-refractivity contribution in [1.29, 1.82) is 0 Å². The quantitative estimate of drug-likeness (QED) is 0.403. The van der Waals surface area contributed by atoms with Crippen LogP contribution in [0.2, 0.25) is 0 Å². The molecule has 0 spiro atoms. The molecule has 10 nitrogen and oxygen atoms in total. The number of ether oxygens (including phenoxy) is 2. The maximum atomic E-state index is 13.2. The van der Waals surface area contributed by atoms with Crippen molar-refractivity contribution < 1.29 is 28.3 Å². The number of rotatable bonds is 6. The zero-order valence-corrected chi connectivity index (χ0v) is 20.1. The highest BCUT2D eigenvalue weighted by atomic mass is 16.5. The number of aromatic nitrogens is 2. The molecule has 37 heavy (non-hydrogen) atoms. The van der Waals surface area contributed by atoms with E-state index in [1.165, 1.54) is 7.11 Å². The van der Waals surface area contributed by atoms with E-state index in [0.717, 1.165) is 11.1 Å². The first kappa shape index (κ1) is 22.7. The maximum absolute atomic E-state index is 13.2. The van der Waals surface area contributed by atoms with Gasteiger partial charge in [-0.1, -0.05) is 6.07 Å². The van der Waals surface area contributed by atoms with E-state index in [2.05, 4.69) is 15.3 Å². The molecule has 10 heteroatoms. The molecule has 5 heterocycles. The summed E-state index contributed by atoms with van der Waals surface area (Å²) in [5.41, 5.74) is 2.41. The first-order valence-corrected chi connectivity index (χ1v) is 11.6. The zero-order valence-electron chi connectivity index (χ0n) is 20.1. The van der Waals surface area contributed by atoms with Crippen LogP contribution in [0.1, 0.15) is 28.1 Å². The van der Waals surface area contributed by atoms with E-state index in [1.54, 1.807) is 54.6 Å². The number of amides is 3. The molecule has 2 aliphatic heterocycles. The minimum absolute atomic E-state index is 0.0184. The Labute approximate surface area is 211 Å². The van der Waals surface area contributed by atoms with E-state index in [4.69, 9.17) is 13.9 Å². The van der Waals surface area contributed by atoms with E-state index in [-0.39, 0.29) is 24.6 Å². The number of carbonyl (C=O) groups is 3. The van der Waals surface area contributed by atoms with Gasteiger partial charge in [0.05, 0.1) is 26.3 Å². The normalized spacial score (nSPS) is 18.9. The van der Waals surface area contributed by atoms with Crippen LogP contribution in [0, 0.1) is 0 Å². The summed E-state index contributed by atoms with van der Waals surface area (Å²) in [5, 5.41) is 2.39. The first-order valence-electron chi connectivity index (χ1n) is 11.6. The average Bonchev–Trinajstić information content (AvgIpc) is 3.57. The van der Waals surface area contributed by atoms with Crippen molar-refractivity contribution in [3.8, 4) is 22.9 Å². The topological polar surface area (TPSA) is 124 Å². The Kier molecular flexibility index (Phi) is 5.18. The lowest BCUT2D eigenvalue weighted by molar-refractivity contribution is -0.127. The number of benzene rings is 1. The number of hydrogen-bond acceptors (Lipinski definition) is 8. The second kappa shape index (κ2) is 8.44. The van der Waals surface area contributed by atoms with Crippen LogP contribution in [0.25, 0.3) is 22.4 Å². The predicted octanol–water partition coefficient (Wildman–Crippen LogP) is 2.85. The van der Waals surface area contributed by atoms with Gasteiger partial charge in [-0.15, -0.1) is 0 Å². The van der Waals surface area contributed by atoms with Crippen molar-refractivity contribution in [2.75, 3.05) is 20.8 Å². The van der Waals surface area contributed by atoms with E-state index in [0.29, 0.717) is 40.5 Å². The number of hydrogen-bond donors (Lipinski definition) is 1. The van der Waals surface area contributed by atoms with Crippen molar-refractivity contribution >= 4 is 28.8 Å². The fourth-order valence-corrected chi connectivity index (χ4v) is 4.94. The van der Waals surface area contributed by atoms with Crippen LogP contribution >= 0.6 is 0 Å². The Bertz CT molecular complexity index is 1580. The number of methoxy groups -OCH3 is 2. The number of nitrogens with one attached hydrogen (secondary N) is 1. The molecule has 3 aromatic heterocycles. The minimum Gasteiger partial charge on any atom is -0.497 e. The summed E-state index contributed by atoms with van der Waals surface area (Å²) in [6, 6.07) is 14.1. The van der Waals surface area contributed by atoms with E-state index < -0.39 is 17.2 Å². The average molecular weight is 498 g/mol. The summed E-state index contributed by atoms with van der Waals surface area (Å²) >= 11 is 0. The molecule has 1 N–H and O–H groups in total. The van der Waals surface area contributed by atoms with Crippen molar-refractivity contribution in [3.05, 3.63) is 71.6 Å². The molecule has 0 unspecified atom stereocenters. The molecule has 6 rings (SSSR count). The van der Waals surface area contributed by atoms with Gasteiger partial charge >= 0.3 is 0 Å². The second-order valence-corrected chi connectivity index (χ2v) is 9.10. The van der Waals surface area contributed by atoms with Gasteiger partial charge in [-0.05, 0) is 35.9 Å². The molecule has 1 atom stereocenters. The largest absolute Gasteiger partial charge is 0.497 e. The van der Waals surface area contributed by atoms with Crippen molar-refractivity contribution in [2.24, 2.45) is 0 Å². The number of carbonyl (C=O) groups excluding carboxylic acids is 3. The predicted molar refractivity (Wildman–Crippen MR) is 131 cm³/mol. The fourth-order valence-electron chi connectivity index (χ4n) is 4.94. The van der Waals surface area contributed by atoms with E-state index in [9.17, 15) is 14.4 Å². The number of imide groups is 1. The van der Waals surface area contributed by atoms with Crippen LogP contribution in [0.3, 0.4) is 0 Å². The smallest absolute Gasteiger partial charge is 0.254 e. The first-order chi connectivity index (χ1) is 17.9. The Morgan fingerprint density at radius 2 is 1.92 bits per heavy atom. The summed E-state index contributed by atoms with van der Waals surface area (Å²) in [6.07, 6.45) is 1.52. The summed E-state index contributed by atoms with van der Waals surface area (Å²) < 4.78 is 16.5. The molecular formula is C27H22N4O6. The highest BCUT2D eigenvalue weighted by molar-refractivity contribution is 6.10. The maximum Gasteiger partial charge on any atom is 0.254 e. The number of fused-ring (bicyclic) bond motifs is 2. The van der Waals surface area contributed by atoms with Crippen molar-refractivity contribution in [3.63, 3.8) is 0 Å². The van der Waals surface area contributed by atoms with E-state index in [1.807, 2.05) is 12.1 Å². The highest BCUT2D eigenvalue weighted by Crippen LogP contribution is 2.39. The number of furan rings is 1. The molecule has 1 saturated heterocycles. The van der Waals surface area contributed by atoms with Crippen LogP contribution in [-0.2, 0) is 21.5 Å². The standard InChI is InChI=1S/C27H22N4O6/c1-35-17-5-3-16-13-31(25(33)18(16)9-17)14-27(11-23(32)30-26(27)34)22-10-20-21(37-22)7-6-19(29-20)15-4-8-24(36-2)28-12-15/h3-10,12H,11,13-14H2,1-2H3,(H,30,32,34)/t27-/m1/s1. The Morgan fingerprint density at radius 3 is 2.62 bits per heavy atom.